The number of hydrogen-bond acceptors (Lipinski definition) is 2. The van der Waals surface area contributed by atoms with Gasteiger partial charge in [-0.3, -0.25) is 4.57 Å². The van der Waals surface area contributed by atoms with Crippen molar-refractivity contribution in [3.05, 3.63) is 38.2 Å². The minimum absolute atomic E-state index is 0.630. The van der Waals surface area contributed by atoms with Crippen molar-refractivity contribution in [1.82, 2.24) is 19.3 Å². The SMILES string of the molecule is CCc1nn(C)c2c1[nH]c(=S)n2-c1cc(Cl)ccc1Br. The van der Waals surface area contributed by atoms with Crippen molar-refractivity contribution < 1.29 is 0 Å². The molecule has 0 spiro atoms. The second kappa shape index (κ2) is 5.02. The number of halogens is 2. The standard InChI is InChI=1S/C13H12BrClN4S/c1-3-9-11-12(18(2)17-9)19(13(20)16-11)10-6-7(15)4-5-8(10)14/h4-6H,3H2,1-2H3,(H,16,20). The smallest absolute Gasteiger partial charge is 0.184 e. The Hall–Kier alpha value is -1.11. The molecule has 7 heteroatoms. The third kappa shape index (κ3) is 2.03. The highest BCUT2D eigenvalue weighted by molar-refractivity contribution is 9.10. The largest absolute Gasteiger partial charge is 0.327 e. The third-order valence-corrected chi connectivity index (χ3v) is 4.41. The second-order valence-electron chi connectivity index (χ2n) is 4.48. The Bertz CT molecular complexity index is 861. The molecule has 3 rings (SSSR count). The first-order chi connectivity index (χ1) is 9.52. The predicted molar refractivity (Wildman–Crippen MR) is 87.3 cm³/mol. The van der Waals surface area contributed by atoms with Crippen LogP contribution in [0.5, 0.6) is 0 Å². The zero-order chi connectivity index (χ0) is 14.4. The Kier molecular flexibility index (Phi) is 3.48. The molecular formula is C13H12BrClN4S. The zero-order valence-corrected chi connectivity index (χ0v) is 14.1. The lowest BCUT2D eigenvalue weighted by Crippen LogP contribution is -2.01. The van der Waals surface area contributed by atoms with Gasteiger partial charge in [0.2, 0.25) is 0 Å². The number of fused-ring (bicyclic) bond motifs is 1. The van der Waals surface area contributed by atoms with Crippen molar-refractivity contribution >= 4 is 50.9 Å². The van der Waals surface area contributed by atoms with E-state index in [2.05, 4.69) is 32.9 Å². The minimum atomic E-state index is 0.630. The Morgan fingerprint density at radius 2 is 2.20 bits per heavy atom. The van der Waals surface area contributed by atoms with Gasteiger partial charge in [0, 0.05) is 16.5 Å². The van der Waals surface area contributed by atoms with E-state index >= 15 is 0 Å². The van der Waals surface area contributed by atoms with Crippen LogP contribution in [-0.4, -0.2) is 19.3 Å². The fraction of sp³-hybridized carbons (Fsp3) is 0.231. The number of hydrogen-bond donors (Lipinski definition) is 1. The van der Waals surface area contributed by atoms with E-state index < -0.39 is 0 Å². The first-order valence-corrected chi connectivity index (χ1v) is 7.73. The van der Waals surface area contributed by atoms with E-state index in [1.54, 1.807) is 0 Å². The van der Waals surface area contributed by atoms with Gasteiger partial charge in [0.05, 0.1) is 11.4 Å². The van der Waals surface area contributed by atoms with Gasteiger partial charge in [0.15, 0.2) is 10.4 Å². The molecule has 0 saturated heterocycles. The molecule has 0 amide bonds. The van der Waals surface area contributed by atoms with E-state index in [9.17, 15) is 0 Å². The van der Waals surface area contributed by atoms with Gasteiger partial charge in [-0.25, -0.2) is 4.68 Å². The number of H-pyrrole nitrogens is 1. The van der Waals surface area contributed by atoms with Crippen LogP contribution in [0.4, 0.5) is 0 Å². The van der Waals surface area contributed by atoms with Crippen LogP contribution in [0.1, 0.15) is 12.6 Å². The number of nitrogens with zero attached hydrogens (tertiary/aromatic N) is 3. The minimum Gasteiger partial charge on any atom is -0.327 e. The van der Waals surface area contributed by atoms with Gasteiger partial charge in [-0.2, -0.15) is 5.10 Å². The number of benzene rings is 1. The van der Waals surface area contributed by atoms with Gasteiger partial charge >= 0.3 is 0 Å². The predicted octanol–water partition coefficient (Wildman–Crippen LogP) is 4.40. The van der Waals surface area contributed by atoms with Crippen molar-refractivity contribution in [3.63, 3.8) is 0 Å². The van der Waals surface area contributed by atoms with Gasteiger partial charge in [0.1, 0.15) is 5.52 Å². The molecule has 0 aliphatic rings. The fourth-order valence-electron chi connectivity index (χ4n) is 2.34. The molecule has 0 aliphatic carbocycles. The molecule has 0 unspecified atom stereocenters. The lowest BCUT2D eigenvalue weighted by molar-refractivity contribution is 0.748. The summed E-state index contributed by atoms with van der Waals surface area (Å²) in [5, 5.41) is 5.18. The van der Waals surface area contributed by atoms with E-state index in [1.807, 2.05) is 34.5 Å². The van der Waals surface area contributed by atoms with E-state index in [1.165, 1.54) is 0 Å². The van der Waals surface area contributed by atoms with E-state index in [0.29, 0.717) is 9.79 Å². The van der Waals surface area contributed by atoms with Crippen molar-refractivity contribution in [2.24, 2.45) is 7.05 Å². The molecule has 104 valence electrons. The second-order valence-corrected chi connectivity index (χ2v) is 6.16. The molecule has 4 nitrogen and oxygen atoms in total. The molecule has 0 bridgehead atoms. The summed E-state index contributed by atoms with van der Waals surface area (Å²) in [7, 11) is 1.92. The maximum Gasteiger partial charge on any atom is 0.184 e. The van der Waals surface area contributed by atoms with Gasteiger partial charge in [0.25, 0.3) is 0 Å². The van der Waals surface area contributed by atoms with E-state index in [-0.39, 0.29) is 0 Å². The highest BCUT2D eigenvalue weighted by Crippen LogP contribution is 2.29. The quantitative estimate of drug-likeness (QED) is 0.678. The lowest BCUT2D eigenvalue weighted by atomic mass is 10.3. The van der Waals surface area contributed by atoms with Crippen molar-refractivity contribution in [2.75, 3.05) is 0 Å². The maximum atomic E-state index is 6.11. The molecule has 0 fully saturated rings. The molecule has 2 heterocycles. The van der Waals surface area contributed by atoms with Crippen LogP contribution in [0.2, 0.25) is 5.02 Å². The summed E-state index contributed by atoms with van der Waals surface area (Å²) in [5.41, 5.74) is 3.83. The number of imidazole rings is 1. The molecule has 0 saturated carbocycles. The number of aromatic nitrogens is 4. The van der Waals surface area contributed by atoms with Crippen LogP contribution in [0.3, 0.4) is 0 Å². The summed E-state index contributed by atoms with van der Waals surface area (Å²) in [6.07, 6.45) is 0.851. The molecular weight excluding hydrogens is 360 g/mol. The van der Waals surface area contributed by atoms with Gasteiger partial charge in [-0.15, -0.1) is 0 Å². The van der Waals surface area contributed by atoms with Crippen LogP contribution in [0.15, 0.2) is 22.7 Å². The highest BCUT2D eigenvalue weighted by Gasteiger charge is 2.17. The Morgan fingerprint density at radius 3 is 2.90 bits per heavy atom. The van der Waals surface area contributed by atoms with Crippen molar-refractivity contribution in [1.29, 1.82) is 0 Å². The van der Waals surface area contributed by atoms with Gasteiger partial charge in [-0.05, 0) is 52.8 Å². The zero-order valence-electron chi connectivity index (χ0n) is 10.9. The summed E-state index contributed by atoms with van der Waals surface area (Å²) >= 11 is 15.1. The summed E-state index contributed by atoms with van der Waals surface area (Å²) in [5.74, 6) is 0. The molecule has 3 aromatic rings. The average molecular weight is 372 g/mol. The Morgan fingerprint density at radius 1 is 1.45 bits per heavy atom. The van der Waals surface area contributed by atoms with Crippen LogP contribution in [0.25, 0.3) is 16.9 Å². The Balaban J connectivity index is 2.42. The van der Waals surface area contributed by atoms with Crippen LogP contribution < -0.4 is 0 Å². The Labute approximate surface area is 134 Å². The average Bonchev–Trinajstić information content (AvgIpc) is 2.90. The highest BCUT2D eigenvalue weighted by atomic mass is 79.9. The van der Waals surface area contributed by atoms with Crippen molar-refractivity contribution in [2.45, 2.75) is 13.3 Å². The summed E-state index contributed by atoms with van der Waals surface area (Å²) in [6.45, 7) is 2.07. The molecule has 0 aliphatic heterocycles. The van der Waals surface area contributed by atoms with Crippen LogP contribution in [-0.2, 0) is 13.5 Å². The van der Waals surface area contributed by atoms with Crippen LogP contribution >= 0.6 is 39.7 Å². The number of rotatable bonds is 2. The third-order valence-electron chi connectivity index (χ3n) is 3.22. The monoisotopic (exact) mass is 370 g/mol. The van der Waals surface area contributed by atoms with Gasteiger partial charge in [-0.1, -0.05) is 18.5 Å². The molecule has 2 aromatic heterocycles. The first-order valence-electron chi connectivity index (χ1n) is 6.15. The van der Waals surface area contributed by atoms with Crippen molar-refractivity contribution in [3.8, 4) is 5.69 Å². The van der Waals surface area contributed by atoms with Gasteiger partial charge < -0.3 is 4.98 Å². The topological polar surface area (TPSA) is 38.5 Å². The summed E-state index contributed by atoms with van der Waals surface area (Å²) in [4.78, 5) is 3.24. The number of nitrogens with one attached hydrogen (secondary N) is 1. The molecule has 0 radical (unpaired) electrons. The first kappa shape index (κ1) is 13.9. The normalized spacial score (nSPS) is 11.4. The number of aryl methyl sites for hydroxylation is 2. The summed E-state index contributed by atoms with van der Waals surface area (Å²) < 4.78 is 5.35. The molecule has 1 N–H and O–H groups in total. The lowest BCUT2D eigenvalue weighted by Gasteiger charge is -2.08. The number of aromatic amines is 1. The molecule has 1 aromatic carbocycles. The molecule has 20 heavy (non-hydrogen) atoms. The van der Waals surface area contributed by atoms with Crippen LogP contribution in [0, 0.1) is 4.77 Å². The van der Waals surface area contributed by atoms with E-state index in [0.717, 1.165) is 33.4 Å². The molecule has 0 atom stereocenters. The maximum absolute atomic E-state index is 6.11. The fourth-order valence-corrected chi connectivity index (χ4v) is 3.22. The summed E-state index contributed by atoms with van der Waals surface area (Å²) in [6, 6.07) is 5.63. The van der Waals surface area contributed by atoms with E-state index in [4.69, 9.17) is 23.8 Å².